The Bertz CT molecular complexity index is 232. The van der Waals surface area contributed by atoms with E-state index in [1.54, 1.807) is 0 Å². The number of amides is 2. The highest BCUT2D eigenvalue weighted by Crippen LogP contribution is 2.03. The molecule has 1 fully saturated rings. The van der Waals surface area contributed by atoms with Gasteiger partial charge in [-0.05, 0) is 6.92 Å². The normalized spacial score (nSPS) is 20.7. The first kappa shape index (κ1) is 10.9. The van der Waals surface area contributed by atoms with E-state index in [4.69, 9.17) is 5.11 Å². The molecule has 1 atom stereocenters. The smallest absolute Gasteiger partial charge is 0.242 e. The van der Waals surface area contributed by atoms with E-state index in [-0.39, 0.29) is 24.8 Å². The highest BCUT2D eigenvalue weighted by Gasteiger charge is 2.30. The molecule has 1 aliphatic heterocycles. The third-order valence-electron chi connectivity index (χ3n) is 2.14. The number of hydrogen-bond acceptors (Lipinski definition) is 4. The Labute approximate surface area is 82.2 Å². The zero-order chi connectivity index (χ0) is 10.6. The van der Waals surface area contributed by atoms with Crippen molar-refractivity contribution >= 4 is 11.8 Å². The van der Waals surface area contributed by atoms with Crippen molar-refractivity contribution in [2.24, 2.45) is 0 Å². The topological polar surface area (TPSA) is 81.7 Å². The van der Waals surface area contributed by atoms with Gasteiger partial charge in [0.15, 0.2) is 0 Å². The van der Waals surface area contributed by atoms with Gasteiger partial charge >= 0.3 is 0 Å². The average molecular weight is 201 g/mol. The summed E-state index contributed by atoms with van der Waals surface area (Å²) in [4.78, 5) is 24.0. The van der Waals surface area contributed by atoms with Gasteiger partial charge in [0.25, 0.3) is 0 Å². The zero-order valence-corrected chi connectivity index (χ0v) is 8.12. The molecule has 2 amide bonds. The molecule has 0 bridgehead atoms. The Hall–Kier alpha value is -1.14. The molecule has 1 saturated heterocycles. The second-order valence-electron chi connectivity index (χ2n) is 3.09. The van der Waals surface area contributed by atoms with Crippen LogP contribution in [-0.4, -0.2) is 47.6 Å². The quantitative estimate of drug-likeness (QED) is 0.502. The molecule has 0 aromatic rings. The molecule has 1 aliphatic rings. The third-order valence-corrected chi connectivity index (χ3v) is 2.14. The fourth-order valence-corrected chi connectivity index (χ4v) is 1.37. The summed E-state index contributed by atoms with van der Waals surface area (Å²) in [7, 11) is 0. The molecule has 0 aromatic carbocycles. The monoisotopic (exact) mass is 201 g/mol. The predicted octanol–water partition coefficient (Wildman–Crippen LogP) is -1.78. The maximum Gasteiger partial charge on any atom is 0.242 e. The number of likely N-dealkylation sites (N-methyl/N-ethyl adjacent to an activating group) is 1. The van der Waals surface area contributed by atoms with Crippen LogP contribution in [0.2, 0.25) is 0 Å². The van der Waals surface area contributed by atoms with Gasteiger partial charge in [0.2, 0.25) is 11.8 Å². The van der Waals surface area contributed by atoms with E-state index in [0.29, 0.717) is 13.1 Å². The van der Waals surface area contributed by atoms with Crippen LogP contribution in [0.5, 0.6) is 0 Å². The standard InChI is InChI=1S/C8H15N3O3/c1-2-11(3-4-12)8(14)6-5-7(13)10-9-6/h6,9,12H,2-5H2,1H3,(H,10,13). The maximum absolute atomic E-state index is 11.7. The SMILES string of the molecule is CCN(CCO)C(=O)C1CC(=O)NN1. The van der Waals surface area contributed by atoms with E-state index < -0.39 is 6.04 Å². The second kappa shape index (κ2) is 4.92. The third kappa shape index (κ3) is 2.43. The van der Waals surface area contributed by atoms with Crippen LogP contribution < -0.4 is 10.9 Å². The van der Waals surface area contributed by atoms with E-state index in [1.807, 2.05) is 6.92 Å². The molecule has 0 aliphatic carbocycles. The molecule has 6 nitrogen and oxygen atoms in total. The lowest BCUT2D eigenvalue weighted by atomic mass is 10.2. The number of nitrogens with one attached hydrogen (secondary N) is 2. The Morgan fingerprint density at radius 1 is 1.71 bits per heavy atom. The fourth-order valence-electron chi connectivity index (χ4n) is 1.37. The molecule has 1 heterocycles. The van der Waals surface area contributed by atoms with Crippen molar-refractivity contribution in [3.05, 3.63) is 0 Å². The van der Waals surface area contributed by atoms with Crippen molar-refractivity contribution in [2.45, 2.75) is 19.4 Å². The Balaban J connectivity index is 2.49. The van der Waals surface area contributed by atoms with E-state index in [1.165, 1.54) is 4.90 Å². The van der Waals surface area contributed by atoms with Crippen molar-refractivity contribution in [1.82, 2.24) is 15.8 Å². The number of nitrogens with zero attached hydrogens (tertiary/aromatic N) is 1. The molecule has 3 N–H and O–H groups in total. The summed E-state index contributed by atoms with van der Waals surface area (Å²) in [5.41, 5.74) is 4.98. The minimum atomic E-state index is -0.492. The molecular weight excluding hydrogens is 186 g/mol. The summed E-state index contributed by atoms with van der Waals surface area (Å²) >= 11 is 0. The van der Waals surface area contributed by atoms with E-state index in [0.717, 1.165) is 0 Å². The van der Waals surface area contributed by atoms with Crippen LogP contribution in [0.1, 0.15) is 13.3 Å². The second-order valence-corrected chi connectivity index (χ2v) is 3.09. The van der Waals surface area contributed by atoms with E-state index in [2.05, 4.69) is 10.9 Å². The van der Waals surface area contributed by atoms with Crippen molar-refractivity contribution in [1.29, 1.82) is 0 Å². The first-order valence-corrected chi connectivity index (χ1v) is 4.63. The number of hydrogen-bond donors (Lipinski definition) is 3. The van der Waals surface area contributed by atoms with Crippen LogP contribution in [0.15, 0.2) is 0 Å². The molecule has 0 saturated carbocycles. The largest absolute Gasteiger partial charge is 0.395 e. The number of carbonyl (C=O) groups is 2. The lowest BCUT2D eigenvalue weighted by molar-refractivity contribution is -0.134. The number of rotatable bonds is 4. The molecule has 1 unspecified atom stereocenters. The summed E-state index contributed by atoms with van der Waals surface area (Å²) in [5, 5.41) is 8.71. The van der Waals surface area contributed by atoms with Crippen LogP contribution in [0.3, 0.4) is 0 Å². The Morgan fingerprint density at radius 2 is 2.43 bits per heavy atom. The van der Waals surface area contributed by atoms with E-state index in [9.17, 15) is 9.59 Å². The molecule has 14 heavy (non-hydrogen) atoms. The summed E-state index contributed by atoms with van der Waals surface area (Å²) in [6.45, 7) is 2.61. The number of aliphatic hydroxyl groups excluding tert-OH is 1. The zero-order valence-electron chi connectivity index (χ0n) is 8.12. The van der Waals surface area contributed by atoms with Gasteiger partial charge in [-0.1, -0.05) is 0 Å². The first-order chi connectivity index (χ1) is 6.69. The number of carbonyl (C=O) groups excluding carboxylic acids is 2. The van der Waals surface area contributed by atoms with Gasteiger partial charge < -0.3 is 10.0 Å². The minimum Gasteiger partial charge on any atom is -0.395 e. The van der Waals surface area contributed by atoms with Crippen molar-refractivity contribution in [3.63, 3.8) is 0 Å². The molecule has 6 heteroatoms. The average Bonchev–Trinajstić information content (AvgIpc) is 2.60. The van der Waals surface area contributed by atoms with Crippen molar-refractivity contribution in [2.75, 3.05) is 19.7 Å². The highest BCUT2D eigenvalue weighted by molar-refractivity contribution is 5.90. The minimum absolute atomic E-state index is 0.0618. The lowest BCUT2D eigenvalue weighted by Crippen LogP contribution is -2.46. The van der Waals surface area contributed by atoms with Gasteiger partial charge in [0, 0.05) is 13.1 Å². The Kier molecular flexibility index (Phi) is 3.84. The lowest BCUT2D eigenvalue weighted by Gasteiger charge is -2.22. The van der Waals surface area contributed by atoms with Crippen LogP contribution >= 0.6 is 0 Å². The summed E-state index contributed by atoms with van der Waals surface area (Å²) in [6.07, 6.45) is 0.167. The van der Waals surface area contributed by atoms with Crippen LogP contribution in [-0.2, 0) is 9.59 Å². The molecular formula is C8H15N3O3. The summed E-state index contributed by atoms with van der Waals surface area (Å²) < 4.78 is 0. The van der Waals surface area contributed by atoms with Gasteiger partial charge in [-0.25, -0.2) is 5.43 Å². The predicted molar refractivity (Wildman–Crippen MR) is 49.0 cm³/mol. The highest BCUT2D eigenvalue weighted by atomic mass is 16.3. The van der Waals surface area contributed by atoms with Gasteiger partial charge in [0.1, 0.15) is 6.04 Å². The van der Waals surface area contributed by atoms with Crippen LogP contribution in [0, 0.1) is 0 Å². The van der Waals surface area contributed by atoms with Crippen molar-refractivity contribution < 1.29 is 14.7 Å². The number of hydrazine groups is 1. The van der Waals surface area contributed by atoms with Gasteiger partial charge in [-0.2, -0.15) is 0 Å². The Morgan fingerprint density at radius 3 is 2.86 bits per heavy atom. The van der Waals surface area contributed by atoms with Gasteiger partial charge in [-0.15, -0.1) is 0 Å². The number of aliphatic hydroxyl groups is 1. The summed E-state index contributed by atoms with van der Waals surface area (Å²) in [6, 6.07) is -0.492. The van der Waals surface area contributed by atoms with Crippen LogP contribution in [0.4, 0.5) is 0 Å². The van der Waals surface area contributed by atoms with Crippen molar-refractivity contribution in [3.8, 4) is 0 Å². The molecule has 80 valence electrons. The fraction of sp³-hybridized carbons (Fsp3) is 0.750. The van der Waals surface area contributed by atoms with Crippen LogP contribution in [0.25, 0.3) is 0 Å². The molecule has 0 radical (unpaired) electrons. The molecule has 0 aromatic heterocycles. The summed E-state index contributed by atoms with van der Waals surface area (Å²) in [5.74, 6) is -0.330. The van der Waals surface area contributed by atoms with E-state index >= 15 is 0 Å². The first-order valence-electron chi connectivity index (χ1n) is 4.63. The maximum atomic E-state index is 11.7. The molecule has 0 spiro atoms. The van der Waals surface area contributed by atoms with Gasteiger partial charge in [-0.3, -0.25) is 15.0 Å². The van der Waals surface area contributed by atoms with Gasteiger partial charge in [0.05, 0.1) is 13.0 Å². The molecule has 1 rings (SSSR count).